The van der Waals surface area contributed by atoms with Crippen LogP contribution in [0.25, 0.3) is 0 Å². The maximum absolute atomic E-state index is 12.2. The zero-order valence-corrected chi connectivity index (χ0v) is 14.8. The van der Waals surface area contributed by atoms with Crippen molar-refractivity contribution in [3.05, 3.63) is 54.6 Å². The number of hydrogen-bond donors (Lipinski definition) is 1. The van der Waals surface area contributed by atoms with Crippen LogP contribution in [0.5, 0.6) is 0 Å². The molecule has 0 radical (unpaired) electrons. The number of pyridine rings is 1. The molecule has 0 aliphatic carbocycles. The number of anilines is 1. The molecule has 0 aliphatic rings. The highest BCUT2D eigenvalue weighted by molar-refractivity contribution is 9.11. The first-order valence-corrected chi connectivity index (χ1v) is 7.80. The quantitative estimate of drug-likeness (QED) is 0.609. The van der Waals surface area contributed by atoms with Crippen LogP contribution in [0.3, 0.4) is 0 Å². The third-order valence-corrected chi connectivity index (χ3v) is 4.11. The van der Waals surface area contributed by atoms with Crippen molar-refractivity contribution in [1.29, 1.82) is 0 Å². The molecule has 1 aromatic heterocycles. The maximum atomic E-state index is 12.2. The van der Waals surface area contributed by atoms with E-state index in [1.165, 1.54) is 0 Å². The molecule has 0 saturated carbocycles. The summed E-state index contributed by atoms with van der Waals surface area (Å²) in [7, 11) is 0. The van der Waals surface area contributed by atoms with Crippen molar-refractivity contribution in [1.82, 2.24) is 4.98 Å². The minimum atomic E-state index is -0.263. The largest absolute Gasteiger partial charge is 0.319 e. The van der Waals surface area contributed by atoms with Crippen LogP contribution in [0, 0.1) is 0 Å². The van der Waals surface area contributed by atoms with E-state index in [2.05, 4.69) is 58.1 Å². The highest BCUT2D eigenvalue weighted by atomic mass is 79.9. The number of rotatable bonds is 2. The Hall–Kier alpha value is -0.430. The van der Waals surface area contributed by atoms with Gasteiger partial charge in [0.2, 0.25) is 0 Å². The Kier molecular flexibility index (Phi) is 5.00. The molecule has 0 aliphatic heterocycles. The molecule has 0 fully saturated rings. The first-order valence-electron chi connectivity index (χ1n) is 5.05. The van der Waals surface area contributed by atoms with Gasteiger partial charge >= 0.3 is 0 Å². The van der Waals surface area contributed by atoms with Gasteiger partial charge in [0.25, 0.3) is 5.91 Å². The Morgan fingerprint density at radius 2 is 1.89 bits per heavy atom. The van der Waals surface area contributed by atoms with Gasteiger partial charge in [-0.25, -0.2) is 4.98 Å². The summed E-state index contributed by atoms with van der Waals surface area (Å²) >= 11 is 15.9. The first kappa shape index (κ1) is 15.0. The highest BCUT2D eigenvalue weighted by Gasteiger charge is 2.12. The summed E-state index contributed by atoms with van der Waals surface area (Å²) in [5.74, 6) is -0.263. The van der Waals surface area contributed by atoms with Gasteiger partial charge in [0.1, 0.15) is 0 Å². The number of nitrogens with one attached hydrogen (secondary N) is 1. The lowest BCUT2D eigenvalue weighted by molar-refractivity contribution is 0.102. The van der Waals surface area contributed by atoms with E-state index in [4.69, 9.17) is 11.6 Å². The van der Waals surface area contributed by atoms with Crippen LogP contribution < -0.4 is 5.32 Å². The summed E-state index contributed by atoms with van der Waals surface area (Å²) < 4.78 is 2.32. The Bertz CT molecular complexity index is 649. The zero-order valence-electron chi connectivity index (χ0n) is 9.25. The van der Waals surface area contributed by atoms with E-state index in [1.807, 2.05) is 0 Å². The molecule has 0 unspecified atom stereocenters. The summed E-state index contributed by atoms with van der Waals surface area (Å²) in [6, 6.07) is 7.00. The predicted molar refractivity (Wildman–Crippen MR) is 86.7 cm³/mol. The van der Waals surface area contributed by atoms with E-state index in [0.29, 0.717) is 15.7 Å². The van der Waals surface area contributed by atoms with E-state index >= 15 is 0 Å². The molecule has 0 atom stereocenters. The van der Waals surface area contributed by atoms with Gasteiger partial charge < -0.3 is 5.32 Å². The first-order chi connectivity index (χ1) is 8.97. The smallest absolute Gasteiger partial charge is 0.256 e. The second kappa shape index (κ2) is 6.35. The van der Waals surface area contributed by atoms with Crippen LogP contribution in [0.1, 0.15) is 10.4 Å². The van der Waals surface area contributed by atoms with Crippen molar-refractivity contribution in [3.63, 3.8) is 0 Å². The molecule has 98 valence electrons. The average molecular weight is 469 g/mol. The standard InChI is InChI=1S/C12H6Br3ClN2O/c13-6-1-2-8(9(15)3-6)12(19)18-10-4-7(14)5-17-11(10)16/h1-5H,(H,18,19). The van der Waals surface area contributed by atoms with Crippen molar-refractivity contribution < 1.29 is 4.79 Å². The van der Waals surface area contributed by atoms with Crippen LogP contribution in [-0.2, 0) is 0 Å². The second-order valence-corrected chi connectivity index (χ2v) is 6.61. The van der Waals surface area contributed by atoms with Crippen LogP contribution in [0.4, 0.5) is 5.69 Å². The molecule has 1 amide bonds. The molecular formula is C12H6Br3ClN2O. The lowest BCUT2D eigenvalue weighted by atomic mass is 10.2. The molecule has 1 N–H and O–H groups in total. The van der Waals surface area contributed by atoms with Crippen molar-refractivity contribution in [2.45, 2.75) is 0 Å². The number of halogens is 4. The summed E-state index contributed by atoms with van der Waals surface area (Å²) in [6.07, 6.45) is 1.56. The minimum Gasteiger partial charge on any atom is -0.319 e. The number of hydrogen-bond acceptors (Lipinski definition) is 2. The summed E-state index contributed by atoms with van der Waals surface area (Å²) in [5, 5.41) is 2.96. The Balaban J connectivity index is 2.28. The van der Waals surface area contributed by atoms with Crippen LogP contribution in [0.2, 0.25) is 5.15 Å². The fraction of sp³-hybridized carbons (Fsp3) is 0. The third kappa shape index (κ3) is 3.78. The fourth-order valence-corrected chi connectivity index (χ4v) is 3.08. The molecule has 7 heteroatoms. The van der Waals surface area contributed by atoms with Crippen LogP contribution in [-0.4, -0.2) is 10.9 Å². The average Bonchev–Trinajstić information content (AvgIpc) is 2.33. The van der Waals surface area contributed by atoms with Crippen LogP contribution in [0.15, 0.2) is 43.9 Å². The Labute approximate surface area is 140 Å². The van der Waals surface area contributed by atoms with E-state index in [-0.39, 0.29) is 11.1 Å². The van der Waals surface area contributed by atoms with Crippen molar-refractivity contribution in [2.75, 3.05) is 5.32 Å². The molecule has 0 saturated heterocycles. The normalized spacial score (nSPS) is 10.3. The fourth-order valence-electron chi connectivity index (χ4n) is 1.37. The molecule has 0 spiro atoms. The topological polar surface area (TPSA) is 42.0 Å². The van der Waals surface area contributed by atoms with Crippen molar-refractivity contribution in [3.8, 4) is 0 Å². The van der Waals surface area contributed by atoms with Gasteiger partial charge in [-0.3, -0.25) is 4.79 Å². The zero-order chi connectivity index (χ0) is 14.0. The number of benzene rings is 1. The minimum absolute atomic E-state index is 0.241. The van der Waals surface area contributed by atoms with E-state index < -0.39 is 0 Å². The highest BCUT2D eigenvalue weighted by Crippen LogP contribution is 2.26. The SMILES string of the molecule is O=C(Nc1cc(Br)cnc1Cl)c1ccc(Br)cc1Br. The lowest BCUT2D eigenvalue weighted by Gasteiger charge is -2.08. The van der Waals surface area contributed by atoms with Crippen molar-refractivity contribution in [2.24, 2.45) is 0 Å². The van der Waals surface area contributed by atoms with Gasteiger partial charge in [-0.2, -0.15) is 0 Å². The number of nitrogens with zero attached hydrogens (tertiary/aromatic N) is 1. The third-order valence-electron chi connectivity index (χ3n) is 2.23. The van der Waals surface area contributed by atoms with Gasteiger partial charge in [0.05, 0.1) is 11.3 Å². The van der Waals surface area contributed by atoms with Gasteiger partial charge in [-0.1, -0.05) is 27.5 Å². The van der Waals surface area contributed by atoms with E-state index in [1.54, 1.807) is 30.5 Å². The van der Waals surface area contributed by atoms with Gasteiger partial charge in [0.15, 0.2) is 5.15 Å². The number of carbonyl (C=O) groups is 1. The van der Waals surface area contributed by atoms with Gasteiger partial charge in [-0.15, -0.1) is 0 Å². The molecule has 3 nitrogen and oxygen atoms in total. The predicted octanol–water partition coefficient (Wildman–Crippen LogP) is 5.27. The Morgan fingerprint density at radius 1 is 1.16 bits per heavy atom. The molecule has 2 aromatic rings. The second-order valence-electron chi connectivity index (χ2n) is 3.57. The maximum Gasteiger partial charge on any atom is 0.256 e. The lowest BCUT2D eigenvalue weighted by Crippen LogP contribution is -2.13. The molecule has 19 heavy (non-hydrogen) atoms. The molecule has 0 bridgehead atoms. The van der Waals surface area contributed by atoms with Crippen LogP contribution >= 0.6 is 59.4 Å². The van der Waals surface area contributed by atoms with Crippen molar-refractivity contribution >= 4 is 71.0 Å². The monoisotopic (exact) mass is 466 g/mol. The van der Waals surface area contributed by atoms with E-state index in [0.717, 1.165) is 8.95 Å². The Morgan fingerprint density at radius 3 is 2.58 bits per heavy atom. The molecular weight excluding hydrogens is 463 g/mol. The number of aromatic nitrogens is 1. The summed E-state index contributed by atoms with van der Waals surface area (Å²) in [4.78, 5) is 16.1. The van der Waals surface area contributed by atoms with E-state index in [9.17, 15) is 4.79 Å². The number of amides is 1. The van der Waals surface area contributed by atoms with Gasteiger partial charge in [-0.05, 0) is 56.1 Å². The molecule has 1 aromatic carbocycles. The molecule has 1 heterocycles. The summed E-state index contributed by atoms with van der Waals surface area (Å²) in [5.41, 5.74) is 0.968. The summed E-state index contributed by atoms with van der Waals surface area (Å²) in [6.45, 7) is 0. The van der Waals surface area contributed by atoms with Gasteiger partial charge in [0, 0.05) is 19.6 Å². The number of carbonyl (C=O) groups excluding carboxylic acids is 1. The molecule has 2 rings (SSSR count).